The van der Waals surface area contributed by atoms with E-state index in [2.05, 4.69) is 51.6 Å². The van der Waals surface area contributed by atoms with E-state index in [1.165, 1.54) is 17.5 Å². The normalized spacial score (nSPS) is 9.60. The van der Waals surface area contributed by atoms with Gasteiger partial charge < -0.3 is 0 Å². The first-order chi connectivity index (χ1) is 7.15. The van der Waals surface area contributed by atoms with Crippen molar-refractivity contribution < 1.29 is 0 Å². The summed E-state index contributed by atoms with van der Waals surface area (Å²) in [6.07, 6.45) is 5.27. The van der Waals surface area contributed by atoms with Crippen molar-refractivity contribution >= 4 is 5.57 Å². The Labute approximate surface area is 94.3 Å². The van der Waals surface area contributed by atoms with Crippen LogP contribution in [0.4, 0.5) is 0 Å². The minimum atomic E-state index is 1.07. The second-order valence-corrected chi connectivity index (χ2v) is 3.60. The van der Waals surface area contributed by atoms with Crippen LogP contribution in [0.5, 0.6) is 0 Å². The molecule has 0 heterocycles. The lowest BCUT2D eigenvalue weighted by atomic mass is 10.1. The molecule has 0 N–H and O–H groups in total. The summed E-state index contributed by atoms with van der Waals surface area (Å²) in [5.74, 6) is 0. The Morgan fingerprint density at radius 2 is 1.67 bits per heavy atom. The standard InChI is InChI=1S/C12H14.C3H8/c1-4-5-11(3)12-8-6-10(2)7-9-12;1-3-2/h4-9H,3H2,1-2H3;3H2,1-2H3/b5-4-;. The molecule has 1 aromatic rings. The highest BCUT2D eigenvalue weighted by Crippen LogP contribution is 2.13. The molecule has 1 aromatic carbocycles. The molecule has 0 aliphatic heterocycles. The van der Waals surface area contributed by atoms with Crippen LogP contribution in [0.3, 0.4) is 0 Å². The van der Waals surface area contributed by atoms with Gasteiger partial charge in [0, 0.05) is 0 Å². The lowest BCUT2D eigenvalue weighted by Crippen LogP contribution is -1.78. The van der Waals surface area contributed by atoms with E-state index in [9.17, 15) is 0 Å². The molecule has 0 unspecified atom stereocenters. The predicted molar refractivity (Wildman–Crippen MR) is 71.0 cm³/mol. The molecule has 1 rings (SSSR count). The molecule has 0 nitrogen and oxygen atoms in total. The van der Waals surface area contributed by atoms with E-state index in [4.69, 9.17) is 0 Å². The summed E-state index contributed by atoms with van der Waals surface area (Å²) in [4.78, 5) is 0. The van der Waals surface area contributed by atoms with E-state index >= 15 is 0 Å². The Balaban J connectivity index is 0.000000583. The molecule has 0 radical (unpaired) electrons. The summed E-state index contributed by atoms with van der Waals surface area (Å²) in [6, 6.07) is 8.39. The van der Waals surface area contributed by atoms with Gasteiger partial charge in [-0.05, 0) is 25.0 Å². The van der Waals surface area contributed by atoms with Gasteiger partial charge in [0.2, 0.25) is 0 Å². The number of aryl methyl sites for hydroxylation is 1. The summed E-state index contributed by atoms with van der Waals surface area (Å²) in [5, 5.41) is 0. The van der Waals surface area contributed by atoms with Crippen molar-refractivity contribution in [1.82, 2.24) is 0 Å². The molecule has 0 aromatic heterocycles. The van der Waals surface area contributed by atoms with Crippen molar-refractivity contribution in [3.63, 3.8) is 0 Å². The maximum atomic E-state index is 3.96. The van der Waals surface area contributed by atoms with Gasteiger partial charge in [0.05, 0.1) is 0 Å². The monoisotopic (exact) mass is 202 g/mol. The summed E-state index contributed by atoms with van der Waals surface area (Å²) in [5.41, 5.74) is 3.54. The average Bonchev–Trinajstić information content (AvgIpc) is 2.20. The van der Waals surface area contributed by atoms with Gasteiger partial charge in [0.25, 0.3) is 0 Å². The zero-order valence-corrected chi connectivity index (χ0v) is 10.4. The van der Waals surface area contributed by atoms with Crippen LogP contribution in [0.25, 0.3) is 5.57 Å². The molecular formula is C15H22. The van der Waals surface area contributed by atoms with E-state index in [0.29, 0.717) is 0 Å². The predicted octanol–water partition coefficient (Wildman–Crippen LogP) is 5.00. The Hall–Kier alpha value is -1.30. The van der Waals surface area contributed by atoms with Crippen molar-refractivity contribution in [2.45, 2.75) is 34.1 Å². The minimum absolute atomic E-state index is 1.07. The molecule has 0 bridgehead atoms. The summed E-state index contributed by atoms with van der Waals surface area (Å²) >= 11 is 0. The smallest absolute Gasteiger partial charge is 0.0190 e. The van der Waals surface area contributed by atoms with Crippen molar-refractivity contribution in [3.05, 3.63) is 54.1 Å². The van der Waals surface area contributed by atoms with Gasteiger partial charge in [0.1, 0.15) is 0 Å². The fraction of sp³-hybridized carbons (Fsp3) is 0.333. The number of rotatable bonds is 2. The van der Waals surface area contributed by atoms with E-state index in [1.54, 1.807) is 0 Å². The van der Waals surface area contributed by atoms with Crippen LogP contribution in [0.15, 0.2) is 43.0 Å². The van der Waals surface area contributed by atoms with Gasteiger partial charge in [-0.3, -0.25) is 0 Å². The van der Waals surface area contributed by atoms with Crippen molar-refractivity contribution in [3.8, 4) is 0 Å². The van der Waals surface area contributed by atoms with E-state index in [0.717, 1.165) is 5.57 Å². The van der Waals surface area contributed by atoms with Crippen LogP contribution in [-0.2, 0) is 0 Å². The van der Waals surface area contributed by atoms with Crippen LogP contribution >= 0.6 is 0 Å². The van der Waals surface area contributed by atoms with Gasteiger partial charge in [-0.15, -0.1) is 0 Å². The lowest BCUT2D eigenvalue weighted by molar-refractivity contribution is 1.09. The molecule has 0 saturated heterocycles. The fourth-order valence-electron chi connectivity index (χ4n) is 1.07. The summed E-state index contributed by atoms with van der Waals surface area (Å²) in [6.45, 7) is 12.3. The van der Waals surface area contributed by atoms with Gasteiger partial charge in [-0.2, -0.15) is 0 Å². The zero-order chi connectivity index (χ0) is 11.7. The van der Waals surface area contributed by atoms with E-state index < -0.39 is 0 Å². The van der Waals surface area contributed by atoms with Crippen LogP contribution in [0.1, 0.15) is 38.3 Å². The Morgan fingerprint density at radius 1 is 1.20 bits per heavy atom. The molecule has 0 aliphatic carbocycles. The maximum Gasteiger partial charge on any atom is -0.0190 e. The molecule has 0 atom stereocenters. The zero-order valence-electron chi connectivity index (χ0n) is 10.4. The second-order valence-electron chi connectivity index (χ2n) is 3.60. The molecule has 0 amide bonds. The molecule has 0 saturated carbocycles. The molecule has 82 valence electrons. The Morgan fingerprint density at radius 3 is 2.07 bits per heavy atom. The van der Waals surface area contributed by atoms with Crippen LogP contribution < -0.4 is 0 Å². The summed E-state index contributed by atoms with van der Waals surface area (Å²) < 4.78 is 0. The third-order valence-electron chi connectivity index (χ3n) is 1.79. The number of hydrogen-bond acceptors (Lipinski definition) is 0. The Kier molecular flexibility index (Phi) is 7.35. The number of benzene rings is 1. The summed E-state index contributed by atoms with van der Waals surface area (Å²) in [7, 11) is 0. The van der Waals surface area contributed by atoms with E-state index in [-0.39, 0.29) is 0 Å². The highest BCUT2D eigenvalue weighted by Gasteiger charge is 1.92. The van der Waals surface area contributed by atoms with Gasteiger partial charge >= 0.3 is 0 Å². The molecule has 0 spiro atoms. The first-order valence-electron chi connectivity index (χ1n) is 5.54. The molecule has 0 aliphatic rings. The maximum absolute atomic E-state index is 3.96. The van der Waals surface area contributed by atoms with Gasteiger partial charge in [-0.25, -0.2) is 0 Å². The SMILES string of the molecule is C=C(/C=C\C)c1ccc(C)cc1.CCC. The first kappa shape index (κ1) is 13.7. The largest absolute Gasteiger partial charge is 0.0912 e. The number of allylic oxidation sites excluding steroid dienone is 3. The van der Waals surface area contributed by atoms with Crippen LogP contribution in [0.2, 0.25) is 0 Å². The topological polar surface area (TPSA) is 0 Å². The number of hydrogen-bond donors (Lipinski definition) is 0. The minimum Gasteiger partial charge on any atom is -0.0912 e. The third kappa shape index (κ3) is 5.90. The molecular weight excluding hydrogens is 180 g/mol. The molecule has 0 fully saturated rings. The molecule has 0 heteroatoms. The van der Waals surface area contributed by atoms with Crippen LogP contribution in [-0.4, -0.2) is 0 Å². The van der Waals surface area contributed by atoms with Crippen LogP contribution in [0, 0.1) is 6.92 Å². The lowest BCUT2D eigenvalue weighted by Gasteiger charge is -1.99. The van der Waals surface area contributed by atoms with Crippen molar-refractivity contribution in [2.75, 3.05) is 0 Å². The van der Waals surface area contributed by atoms with Gasteiger partial charge in [-0.1, -0.05) is 68.8 Å². The quantitative estimate of drug-likeness (QED) is 0.592. The second kappa shape index (κ2) is 8.05. The van der Waals surface area contributed by atoms with Crippen molar-refractivity contribution in [2.24, 2.45) is 0 Å². The fourth-order valence-corrected chi connectivity index (χ4v) is 1.07. The average molecular weight is 202 g/mol. The van der Waals surface area contributed by atoms with Crippen molar-refractivity contribution in [1.29, 1.82) is 0 Å². The van der Waals surface area contributed by atoms with Gasteiger partial charge in [0.15, 0.2) is 0 Å². The third-order valence-corrected chi connectivity index (χ3v) is 1.79. The highest BCUT2D eigenvalue weighted by atomic mass is 14.0. The Bertz CT molecular complexity index is 301. The van der Waals surface area contributed by atoms with E-state index in [1.807, 2.05) is 19.1 Å². The first-order valence-corrected chi connectivity index (χ1v) is 5.54. The molecule has 15 heavy (non-hydrogen) atoms. The highest BCUT2D eigenvalue weighted by molar-refractivity contribution is 5.71.